The normalized spacial score (nSPS) is 12.7. The minimum Gasteiger partial charge on any atom is -0.462 e. The third-order valence-electron chi connectivity index (χ3n) is 5.86. The second-order valence-corrected chi connectivity index (χ2v) is 13.1. The first-order valence-electron chi connectivity index (χ1n) is 12.2. The van der Waals surface area contributed by atoms with E-state index in [1.54, 1.807) is 23.9 Å². The van der Waals surface area contributed by atoms with Crippen molar-refractivity contribution < 1.29 is 17.9 Å². The summed E-state index contributed by atoms with van der Waals surface area (Å²) in [6, 6.07) is 11.5. The highest BCUT2D eigenvalue weighted by atomic mass is 32.2. The Bertz CT molecular complexity index is 1410. The fourth-order valence-corrected chi connectivity index (χ4v) is 7.63. The topological polar surface area (TPSA) is 104 Å². The van der Waals surface area contributed by atoms with Crippen molar-refractivity contribution in [2.75, 3.05) is 6.61 Å². The zero-order chi connectivity index (χ0) is 26.6. The molecule has 196 valence electrons. The van der Waals surface area contributed by atoms with E-state index in [2.05, 4.69) is 11.1 Å². The van der Waals surface area contributed by atoms with E-state index in [1.807, 2.05) is 67.2 Å². The second-order valence-electron chi connectivity index (χ2n) is 9.25. The Hall–Kier alpha value is -2.79. The Morgan fingerprint density at radius 2 is 2.03 bits per heavy atom. The molecule has 1 aromatic carbocycles. The number of aromatic nitrogens is 2. The van der Waals surface area contributed by atoms with E-state index in [0.717, 1.165) is 34.6 Å². The lowest BCUT2D eigenvalue weighted by molar-refractivity contribution is 0.0500. The largest absolute Gasteiger partial charge is 0.462 e. The number of sulfonamides is 1. The lowest BCUT2D eigenvalue weighted by Gasteiger charge is -2.19. The van der Waals surface area contributed by atoms with Gasteiger partial charge in [-0.3, -0.25) is 0 Å². The first-order chi connectivity index (χ1) is 17.7. The summed E-state index contributed by atoms with van der Waals surface area (Å²) >= 11 is 2.69. The summed E-state index contributed by atoms with van der Waals surface area (Å²) in [5.74, 6) is -0.308. The molecule has 4 aromatic rings. The number of carbonyl (C=O) groups is 1. The Morgan fingerprint density at radius 1 is 1.22 bits per heavy atom. The summed E-state index contributed by atoms with van der Waals surface area (Å²) in [6.45, 7) is 6.35. The fourth-order valence-electron chi connectivity index (χ4n) is 4.25. The van der Waals surface area contributed by atoms with Gasteiger partial charge in [0.15, 0.2) is 0 Å². The average molecular weight is 558 g/mol. The van der Waals surface area contributed by atoms with E-state index in [1.165, 1.54) is 0 Å². The lowest BCUT2D eigenvalue weighted by Crippen LogP contribution is -2.14. The molecule has 7 nitrogen and oxygen atoms in total. The Morgan fingerprint density at radius 3 is 2.65 bits per heavy atom. The lowest BCUT2D eigenvalue weighted by atomic mass is 9.95. The van der Waals surface area contributed by atoms with Gasteiger partial charge in [-0.1, -0.05) is 51.5 Å². The Labute approximate surface area is 226 Å². The van der Waals surface area contributed by atoms with Gasteiger partial charge in [0.05, 0.1) is 24.5 Å². The minimum absolute atomic E-state index is 0.0157. The van der Waals surface area contributed by atoms with E-state index in [9.17, 15) is 13.2 Å². The molecular weight excluding hydrogens is 527 g/mol. The van der Waals surface area contributed by atoms with Crippen LogP contribution in [0.1, 0.15) is 65.3 Å². The summed E-state index contributed by atoms with van der Waals surface area (Å²) in [5, 5.41) is 7.72. The number of thiophene rings is 2. The molecule has 1 unspecified atom stereocenters. The van der Waals surface area contributed by atoms with Crippen LogP contribution in [-0.4, -0.2) is 30.5 Å². The van der Waals surface area contributed by atoms with Crippen molar-refractivity contribution in [2.45, 2.75) is 50.3 Å². The summed E-state index contributed by atoms with van der Waals surface area (Å²) in [6.07, 6.45) is 7.54. The molecule has 0 amide bonds. The van der Waals surface area contributed by atoms with Gasteiger partial charge in [-0.2, -0.15) is 0 Å². The van der Waals surface area contributed by atoms with Crippen molar-refractivity contribution in [3.63, 3.8) is 0 Å². The smallest absolute Gasteiger partial charge is 0.339 e. The van der Waals surface area contributed by atoms with Crippen LogP contribution in [-0.2, 0) is 21.2 Å². The summed E-state index contributed by atoms with van der Waals surface area (Å²) < 4.78 is 33.1. The van der Waals surface area contributed by atoms with Crippen LogP contribution in [0.15, 0.2) is 64.7 Å². The molecule has 0 saturated heterocycles. The summed E-state index contributed by atoms with van der Waals surface area (Å²) in [5.41, 5.74) is 2.16. The maximum atomic E-state index is 13.4. The van der Waals surface area contributed by atoms with Gasteiger partial charge in [-0.05, 0) is 47.4 Å². The van der Waals surface area contributed by atoms with Crippen molar-refractivity contribution in [1.82, 2.24) is 9.55 Å². The number of unbranched alkanes of at least 4 members (excludes halogenated alkanes) is 1. The summed E-state index contributed by atoms with van der Waals surface area (Å²) in [7, 11) is -4.10. The average Bonchev–Trinajstić information content (AvgIpc) is 3.61. The number of benzene rings is 1. The highest BCUT2D eigenvalue weighted by molar-refractivity contribution is 7.91. The Kier molecular flexibility index (Phi) is 8.63. The van der Waals surface area contributed by atoms with Gasteiger partial charge in [-0.25, -0.2) is 23.3 Å². The first-order valence-corrected chi connectivity index (χ1v) is 15.4. The van der Waals surface area contributed by atoms with Crippen LogP contribution in [0.2, 0.25) is 0 Å². The van der Waals surface area contributed by atoms with Crippen LogP contribution >= 0.6 is 22.7 Å². The van der Waals surface area contributed by atoms with Crippen LogP contribution < -0.4 is 5.14 Å². The van der Waals surface area contributed by atoms with Crippen LogP contribution in [0.4, 0.5) is 0 Å². The second kappa shape index (κ2) is 11.7. The molecule has 0 aliphatic rings. The molecule has 3 aromatic heterocycles. The van der Waals surface area contributed by atoms with Gasteiger partial charge in [-0.15, -0.1) is 22.7 Å². The minimum atomic E-state index is -4.10. The molecule has 10 heteroatoms. The number of hydrogen-bond donors (Lipinski definition) is 1. The van der Waals surface area contributed by atoms with Gasteiger partial charge in [0.1, 0.15) is 4.21 Å². The number of nitrogens with two attached hydrogens (primary N) is 1. The van der Waals surface area contributed by atoms with Crippen molar-refractivity contribution >= 4 is 38.7 Å². The number of esters is 1. The summed E-state index contributed by atoms with van der Waals surface area (Å²) in [4.78, 5) is 19.4. The van der Waals surface area contributed by atoms with Crippen molar-refractivity contribution in [3.8, 4) is 11.1 Å². The predicted molar refractivity (Wildman–Crippen MR) is 149 cm³/mol. The van der Waals surface area contributed by atoms with E-state index in [4.69, 9.17) is 9.88 Å². The number of ether oxygens (including phenoxy) is 1. The number of rotatable bonds is 11. The van der Waals surface area contributed by atoms with Gasteiger partial charge in [0.2, 0.25) is 10.0 Å². The molecule has 37 heavy (non-hydrogen) atoms. The molecule has 4 rings (SSSR count). The van der Waals surface area contributed by atoms with E-state index in [0.29, 0.717) is 28.0 Å². The van der Waals surface area contributed by atoms with Gasteiger partial charge < -0.3 is 9.30 Å². The van der Waals surface area contributed by atoms with Crippen LogP contribution in [0.25, 0.3) is 11.1 Å². The number of hydrogen-bond acceptors (Lipinski definition) is 7. The maximum Gasteiger partial charge on any atom is 0.339 e. The SMILES string of the molecule is CCCCOC(=O)c1c(CC(C)C)sc(S(N)(=O)=O)c1-c1cccc(C(c2cccs2)n2ccnc2)c1. The van der Waals surface area contributed by atoms with Gasteiger partial charge >= 0.3 is 5.97 Å². The highest BCUT2D eigenvalue weighted by Crippen LogP contribution is 2.42. The maximum absolute atomic E-state index is 13.4. The molecule has 0 saturated carbocycles. The van der Waals surface area contributed by atoms with E-state index < -0.39 is 16.0 Å². The van der Waals surface area contributed by atoms with E-state index >= 15 is 0 Å². The standard InChI is InChI=1S/C27H31N3O4S3/c1-4-5-13-34-26(31)24-22(15-18(2)3)36-27(37(28,32)33)23(24)19-8-6-9-20(16-19)25(21-10-7-14-35-21)30-12-11-29-17-30/h6-12,14,16-18,25H,4-5,13,15H2,1-3H3,(H2,28,32,33). The van der Waals surface area contributed by atoms with Crippen LogP contribution in [0, 0.1) is 5.92 Å². The third kappa shape index (κ3) is 6.20. The molecule has 0 fully saturated rings. The first kappa shape index (κ1) is 27.3. The molecule has 2 N–H and O–H groups in total. The number of imidazole rings is 1. The quantitative estimate of drug-likeness (QED) is 0.177. The molecular formula is C27H31N3O4S3. The molecule has 0 aliphatic heterocycles. The van der Waals surface area contributed by atoms with Gasteiger partial charge in [0.25, 0.3) is 0 Å². The van der Waals surface area contributed by atoms with Crippen molar-refractivity contribution in [2.24, 2.45) is 11.1 Å². The zero-order valence-corrected chi connectivity index (χ0v) is 23.5. The number of nitrogens with zero attached hydrogens (tertiary/aromatic N) is 2. The van der Waals surface area contributed by atoms with Crippen molar-refractivity contribution in [1.29, 1.82) is 0 Å². The van der Waals surface area contributed by atoms with Crippen molar-refractivity contribution in [3.05, 3.63) is 81.4 Å². The Balaban J connectivity index is 1.91. The molecule has 0 aliphatic carbocycles. The molecule has 0 bridgehead atoms. The number of primary sulfonamides is 1. The highest BCUT2D eigenvalue weighted by Gasteiger charge is 2.31. The molecule has 0 radical (unpaired) electrons. The van der Waals surface area contributed by atoms with Crippen LogP contribution in [0.5, 0.6) is 0 Å². The molecule has 0 spiro atoms. The van der Waals surface area contributed by atoms with Gasteiger partial charge in [0, 0.05) is 27.7 Å². The van der Waals surface area contributed by atoms with E-state index in [-0.39, 0.29) is 22.8 Å². The number of carbonyl (C=O) groups excluding carboxylic acids is 1. The predicted octanol–water partition coefficient (Wildman–Crippen LogP) is 6.11. The third-order valence-corrected chi connectivity index (χ3v) is 9.46. The monoisotopic (exact) mass is 557 g/mol. The van der Waals surface area contributed by atoms with Crippen LogP contribution in [0.3, 0.4) is 0 Å². The fraction of sp³-hybridized carbons (Fsp3) is 0.333. The zero-order valence-electron chi connectivity index (χ0n) is 21.1. The molecule has 1 atom stereocenters. The molecule has 3 heterocycles.